The number of hydrazine groups is 1. The predicted molar refractivity (Wildman–Crippen MR) is 82.5 cm³/mol. The Labute approximate surface area is 119 Å². The third kappa shape index (κ3) is 3.93. The van der Waals surface area contributed by atoms with E-state index >= 15 is 0 Å². The molecular weight excluding hydrogens is 250 g/mol. The quantitative estimate of drug-likeness (QED) is 0.555. The van der Waals surface area contributed by atoms with Crippen LogP contribution in [0.25, 0.3) is 0 Å². The van der Waals surface area contributed by atoms with Crippen LogP contribution in [-0.2, 0) is 12.8 Å². The zero-order chi connectivity index (χ0) is 14.4. The molecule has 0 saturated carbocycles. The predicted octanol–water partition coefficient (Wildman–Crippen LogP) is 2.37. The zero-order valence-corrected chi connectivity index (χ0v) is 11.9. The average molecular weight is 271 g/mol. The molecule has 4 N–H and O–H groups in total. The van der Waals surface area contributed by atoms with Crippen LogP contribution in [0.4, 0.5) is 11.6 Å². The fourth-order valence-electron chi connectivity index (χ4n) is 2.07. The van der Waals surface area contributed by atoms with E-state index in [1.54, 1.807) is 0 Å². The summed E-state index contributed by atoms with van der Waals surface area (Å²) >= 11 is 0. The Morgan fingerprint density at radius 2 is 1.85 bits per heavy atom. The first-order valence-electron chi connectivity index (χ1n) is 6.86. The number of nitrogen functional groups attached to an aromatic ring is 1. The Kier molecular flexibility index (Phi) is 4.90. The van der Waals surface area contributed by atoms with Gasteiger partial charge in [0.1, 0.15) is 17.5 Å². The lowest BCUT2D eigenvalue weighted by atomic mass is 10.1. The van der Waals surface area contributed by atoms with Gasteiger partial charge in [-0.15, -0.1) is 0 Å². The van der Waals surface area contributed by atoms with Crippen molar-refractivity contribution < 1.29 is 0 Å². The van der Waals surface area contributed by atoms with E-state index < -0.39 is 0 Å². The van der Waals surface area contributed by atoms with Crippen molar-refractivity contribution in [1.29, 1.82) is 0 Å². The van der Waals surface area contributed by atoms with Gasteiger partial charge >= 0.3 is 0 Å². The standard InChI is InChI=1S/C15H21N5/c1-3-13-18-14(10-15(19-13)20-16)17-11(2)9-12-7-5-4-6-8-12/h4-8,10-11H,3,9,16H2,1-2H3,(H2,17,18,19,20). The minimum Gasteiger partial charge on any atom is -0.367 e. The van der Waals surface area contributed by atoms with Crippen molar-refractivity contribution in [2.45, 2.75) is 32.7 Å². The van der Waals surface area contributed by atoms with Crippen molar-refractivity contribution in [3.05, 3.63) is 47.8 Å². The molecule has 0 aliphatic heterocycles. The maximum absolute atomic E-state index is 5.43. The van der Waals surface area contributed by atoms with Gasteiger partial charge in [-0.2, -0.15) is 0 Å². The van der Waals surface area contributed by atoms with Gasteiger partial charge in [-0.05, 0) is 18.9 Å². The number of nitrogens with zero attached hydrogens (tertiary/aromatic N) is 2. The largest absolute Gasteiger partial charge is 0.367 e. The number of anilines is 2. The molecule has 106 valence electrons. The van der Waals surface area contributed by atoms with Gasteiger partial charge in [-0.1, -0.05) is 37.3 Å². The van der Waals surface area contributed by atoms with E-state index in [4.69, 9.17) is 5.84 Å². The fraction of sp³-hybridized carbons (Fsp3) is 0.333. The lowest BCUT2D eigenvalue weighted by molar-refractivity contribution is 0.779. The summed E-state index contributed by atoms with van der Waals surface area (Å²) in [5.74, 6) is 7.63. The van der Waals surface area contributed by atoms with Crippen LogP contribution < -0.4 is 16.6 Å². The molecule has 0 saturated heterocycles. The molecule has 0 spiro atoms. The summed E-state index contributed by atoms with van der Waals surface area (Å²) in [4.78, 5) is 8.74. The zero-order valence-electron chi connectivity index (χ0n) is 11.9. The topological polar surface area (TPSA) is 75.9 Å². The van der Waals surface area contributed by atoms with E-state index in [-0.39, 0.29) is 6.04 Å². The number of hydrogen-bond acceptors (Lipinski definition) is 5. The molecule has 1 unspecified atom stereocenters. The smallest absolute Gasteiger partial charge is 0.145 e. The number of benzene rings is 1. The van der Waals surface area contributed by atoms with E-state index in [0.29, 0.717) is 5.82 Å². The van der Waals surface area contributed by atoms with Crippen LogP contribution in [0.2, 0.25) is 0 Å². The molecule has 2 rings (SSSR count). The first kappa shape index (κ1) is 14.3. The van der Waals surface area contributed by atoms with Crippen molar-refractivity contribution in [2.24, 2.45) is 5.84 Å². The number of rotatable bonds is 6. The van der Waals surface area contributed by atoms with E-state index in [1.807, 2.05) is 19.1 Å². The van der Waals surface area contributed by atoms with Gasteiger partial charge in [-0.25, -0.2) is 15.8 Å². The van der Waals surface area contributed by atoms with Crippen molar-refractivity contribution in [2.75, 3.05) is 10.7 Å². The maximum Gasteiger partial charge on any atom is 0.145 e. The minimum atomic E-state index is 0.280. The highest BCUT2D eigenvalue weighted by atomic mass is 15.3. The fourth-order valence-corrected chi connectivity index (χ4v) is 2.07. The second kappa shape index (κ2) is 6.86. The average Bonchev–Trinajstić information content (AvgIpc) is 2.47. The van der Waals surface area contributed by atoms with Gasteiger partial charge in [0.05, 0.1) is 0 Å². The molecule has 1 aromatic heterocycles. The van der Waals surface area contributed by atoms with E-state index in [1.165, 1.54) is 5.56 Å². The number of aromatic nitrogens is 2. The first-order chi connectivity index (χ1) is 9.71. The van der Waals surface area contributed by atoms with Gasteiger partial charge in [-0.3, -0.25) is 0 Å². The minimum absolute atomic E-state index is 0.280. The number of aryl methyl sites for hydroxylation is 1. The summed E-state index contributed by atoms with van der Waals surface area (Å²) in [6, 6.07) is 12.5. The Morgan fingerprint density at radius 3 is 2.50 bits per heavy atom. The third-order valence-electron chi connectivity index (χ3n) is 3.02. The highest BCUT2D eigenvalue weighted by Crippen LogP contribution is 2.13. The highest BCUT2D eigenvalue weighted by molar-refractivity contribution is 5.47. The molecule has 0 fully saturated rings. The van der Waals surface area contributed by atoms with Gasteiger partial charge in [0.25, 0.3) is 0 Å². The second-order valence-corrected chi connectivity index (χ2v) is 4.79. The van der Waals surface area contributed by atoms with Gasteiger partial charge in [0.15, 0.2) is 0 Å². The van der Waals surface area contributed by atoms with Crippen molar-refractivity contribution >= 4 is 11.6 Å². The summed E-state index contributed by atoms with van der Waals surface area (Å²) in [5.41, 5.74) is 3.87. The Balaban J connectivity index is 2.05. The molecule has 5 heteroatoms. The molecular formula is C15H21N5. The molecule has 0 bridgehead atoms. The molecule has 5 nitrogen and oxygen atoms in total. The van der Waals surface area contributed by atoms with Crippen LogP contribution in [-0.4, -0.2) is 16.0 Å². The Bertz CT molecular complexity index is 519. The first-order valence-corrected chi connectivity index (χ1v) is 6.86. The van der Waals surface area contributed by atoms with E-state index in [2.05, 4.69) is 51.9 Å². The summed E-state index contributed by atoms with van der Waals surface area (Å²) in [5, 5.41) is 3.39. The van der Waals surface area contributed by atoms with Crippen LogP contribution in [0.15, 0.2) is 36.4 Å². The third-order valence-corrected chi connectivity index (χ3v) is 3.02. The lowest BCUT2D eigenvalue weighted by Crippen LogP contribution is -2.20. The van der Waals surface area contributed by atoms with Gasteiger partial charge in [0, 0.05) is 18.5 Å². The van der Waals surface area contributed by atoms with Crippen molar-refractivity contribution in [3.8, 4) is 0 Å². The monoisotopic (exact) mass is 271 g/mol. The van der Waals surface area contributed by atoms with Crippen molar-refractivity contribution in [1.82, 2.24) is 9.97 Å². The Morgan fingerprint density at radius 1 is 1.15 bits per heavy atom. The summed E-state index contributed by atoms with van der Waals surface area (Å²) in [6.07, 6.45) is 1.72. The van der Waals surface area contributed by atoms with Gasteiger partial charge in [0.2, 0.25) is 0 Å². The number of hydrogen-bond donors (Lipinski definition) is 3. The van der Waals surface area contributed by atoms with Crippen LogP contribution in [0.5, 0.6) is 0 Å². The molecule has 0 aliphatic rings. The molecule has 1 atom stereocenters. The SMILES string of the molecule is CCc1nc(NN)cc(NC(C)Cc2ccccc2)n1. The lowest BCUT2D eigenvalue weighted by Gasteiger charge is -2.15. The van der Waals surface area contributed by atoms with Crippen molar-refractivity contribution in [3.63, 3.8) is 0 Å². The highest BCUT2D eigenvalue weighted by Gasteiger charge is 2.07. The van der Waals surface area contributed by atoms with Crippen LogP contribution in [0.3, 0.4) is 0 Å². The summed E-state index contributed by atoms with van der Waals surface area (Å²) in [6.45, 7) is 4.16. The molecule has 0 radical (unpaired) electrons. The normalized spacial score (nSPS) is 11.9. The summed E-state index contributed by atoms with van der Waals surface area (Å²) in [7, 11) is 0. The summed E-state index contributed by atoms with van der Waals surface area (Å²) < 4.78 is 0. The molecule has 0 amide bonds. The molecule has 0 aliphatic carbocycles. The molecule has 20 heavy (non-hydrogen) atoms. The molecule has 1 heterocycles. The number of nitrogens with two attached hydrogens (primary N) is 1. The van der Waals surface area contributed by atoms with E-state index in [0.717, 1.165) is 24.5 Å². The van der Waals surface area contributed by atoms with Gasteiger partial charge < -0.3 is 10.7 Å². The Hall–Kier alpha value is -2.14. The van der Waals surface area contributed by atoms with Crippen LogP contribution >= 0.6 is 0 Å². The second-order valence-electron chi connectivity index (χ2n) is 4.79. The maximum atomic E-state index is 5.43. The molecule has 2 aromatic rings. The van der Waals surface area contributed by atoms with Crippen LogP contribution in [0, 0.1) is 0 Å². The van der Waals surface area contributed by atoms with Crippen LogP contribution in [0.1, 0.15) is 25.2 Å². The number of nitrogens with one attached hydrogen (secondary N) is 2. The van der Waals surface area contributed by atoms with E-state index in [9.17, 15) is 0 Å². The molecule has 1 aromatic carbocycles.